The van der Waals surface area contributed by atoms with E-state index in [1.54, 1.807) is 98.9 Å². The summed E-state index contributed by atoms with van der Waals surface area (Å²) in [6, 6.07) is 30.2. The number of fused-ring (bicyclic) bond motifs is 3. The molecule has 0 atom stereocenters. The van der Waals surface area contributed by atoms with Crippen LogP contribution in [0.2, 0.25) is 0 Å². The molecule has 0 radical (unpaired) electrons. The van der Waals surface area contributed by atoms with Gasteiger partial charge >= 0.3 is 6.09 Å². The van der Waals surface area contributed by atoms with Crippen LogP contribution < -0.4 is 58.5 Å². The molecule has 13 aromatic rings. The molecular formula is C93H104N30O15. The Bertz CT molecular complexity index is 6710. The monoisotopic (exact) mass is 1880 g/mol. The molecule has 3 aromatic carbocycles. The van der Waals surface area contributed by atoms with Gasteiger partial charge in [0, 0.05) is 214 Å². The number of aromatic nitrogens is 17. The molecule has 45 heteroatoms. The predicted octanol–water partition coefficient (Wildman–Crippen LogP) is 5.89. The van der Waals surface area contributed by atoms with E-state index in [9.17, 15) is 62.8 Å². The lowest BCUT2D eigenvalue weighted by molar-refractivity contribution is -0.121. The minimum Gasteiger partial charge on any atom is -0.448 e. The van der Waals surface area contributed by atoms with Gasteiger partial charge in [0.05, 0.1) is 85.4 Å². The summed E-state index contributed by atoms with van der Waals surface area (Å²) in [6.45, 7) is 1.35. The Kier molecular flexibility index (Phi) is 31.3. The first kappa shape index (κ1) is 96.9. The minimum atomic E-state index is -0.644. The maximum Gasteiger partial charge on any atom is 0.410 e. The summed E-state index contributed by atoms with van der Waals surface area (Å²) in [5, 5.41) is 48.2. The summed E-state index contributed by atoms with van der Waals surface area (Å²) in [6.07, 6.45) is 19.2. The first-order valence-corrected chi connectivity index (χ1v) is 44.1. The molecule has 1 aliphatic carbocycles. The number of amides is 12. The number of anilines is 6. The SMILES string of the molecule is Cn1cc(CCn2c(CN(CCOCCOCCNC(=O)CCNC(=O)c3nc(NC(=O)c4cc(NC(=O)CCNC(=O)c5nc(NC(=O)CCCNC(=O)c6cc(NC(=O)c7nc(NC(=O)CCNC(=O)c8cc(NC(=O)c9nccn9C)cn8C)cn7C)cn6C)cn5C)cn4C)cn3C)C(=O)OCC3c4ccccc4-c4ccccc43)nc(-c3cnn(C)c3)c2-c2ccc(C#N)cc2)cn1. The zero-order valence-corrected chi connectivity index (χ0v) is 77.2. The number of carbonyl (C=O) groups is 12. The number of rotatable bonds is 44. The van der Waals surface area contributed by atoms with Crippen LogP contribution in [0.15, 0.2) is 165 Å². The van der Waals surface area contributed by atoms with Gasteiger partial charge in [-0.15, -0.1) is 0 Å². The van der Waals surface area contributed by atoms with Crippen molar-refractivity contribution in [3.8, 4) is 39.7 Å². The number of imidazole rings is 5. The number of aryl methyl sites for hydroxylation is 10. The number of hydrogen-bond donors (Lipinski definition) is 11. The third-order valence-electron chi connectivity index (χ3n) is 22.4. The van der Waals surface area contributed by atoms with E-state index in [0.717, 1.165) is 44.6 Å². The lowest BCUT2D eigenvalue weighted by atomic mass is 9.98. The van der Waals surface area contributed by atoms with Gasteiger partial charge in [-0.1, -0.05) is 60.7 Å². The highest BCUT2D eigenvalue weighted by molar-refractivity contribution is 6.06. The minimum absolute atomic E-state index is 0.0358. The smallest absolute Gasteiger partial charge is 0.410 e. The van der Waals surface area contributed by atoms with Gasteiger partial charge in [-0.25, -0.2) is 29.7 Å². The summed E-state index contributed by atoms with van der Waals surface area (Å²) in [5.41, 5.74) is 10.3. The van der Waals surface area contributed by atoms with Crippen molar-refractivity contribution >= 4 is 106 Å². The van der Waals surface area contributed by atoms with Crippen molar-refractivity contribution in [3.63, 3.8) is 0 Å². The summed E-state index contributed by atoms with van der Waals surface area (Å²) in [4.78, 5) is 182. The van der Waals surface area contributed by atoms with E-state index in [2.05, 4.69) is 124 Å². The molecule has 14 rings (SSSR count). The fourth-order valence-corrected chi connectivity index (χ4v) is 15.6. The van der Waals surface area contributed by atoms with E-state index in [4.69, 9.17) is 19.2 Å². The zero-order valence-electron chi connectivity index (χ0n) is 77.2. The zero-order chi connectivity index (χ0) is 97.8. The van der Waals surface area contributed by atoms with Crippen molar-refractivity contribution in [1.82, 2.24) is 113 Å². The third-order valence-corrected chi connectivity index (χ3v) is 22.4. The van der Waals surface area contributed by atoms with Crippen LogP contribution in [0.4, 0.5) is 39.3 Å². The van der Waals surface area contributed by atoms with Crippen molar-refractivity contribution in [2.45, 2.75) is 57.5 Å². The number of ether oxygens (including phenoxy) is 3. The van der Waals surface area contributed by atoms with E-state index in [-0.39, 0.29) is 192 Å². The van der Waals surface area contributed by atoms with Crippen LogP contribution in [0.5, 0.6) is 0 Å². The van der Waals surface area contributed by atoms with Gasteiger partial charge in [0.25, 0.3) is 41.4 Å². The van der Waals surface area contributed by atoms with E-state index < -0.39 is 65.2 Å². The fourth-order valence-electron chi connectivity index (χ4n) is 15.6. The average Bonchev–Trinajstić information content (AvgIpc) is 1.61. The molecule has 45 nitrogen and oxygen atoms in total. The quantitative estimate of drug-likeness (QED) is 0.0198. The molecule has 0 saturated heterocycles. The molecule has 0 fully saturated rings. The Morgan fingerprint density at radius 1 is 0.442 bits per heavy atom. The summed E-state index contributed by atoms with van der Waals surface area (Å²) >= 11 is 0. The van der Waals surface area contributed by atoms with Crippen molar-refractivity contribution in [2.75, 3.05) is 104 Å². The summed E-state index contributed by atoms with van der Waals surface area (Å²) in [7, 11) is 14.9. The number of benzene rings is 3. The van der Waals surface area contributed by atoms with Crippen LogP contribution in [0.1, 0.15) is 140 Å². The van der Waals surface area contributed by atoms with Crippen molar-refractivity contribution in [2.24, 2.45) is 63.4 Å². The third kappa shape index (κ3) is 24.4. The molecule has 10 aromatic heterocycles. The van der Waals surface area contributed by atoms with Crippen LogP contribution in [0, 0.1) is 11.3 Å². The highest BCUT2D eigenvalue weighted by atomic mass is 16.6. The molecule has 12 amide bonds. The van der Waals surface area contributed by atoms with E-state index in [1.807, 2.05) is 69.1 Å². The molecule has 0 unspecified atom stereocenters. The molecule has 10 heterocycles. The normalized spacial score (nSPS) is 11.4. The largest absolute Gasteiger partial charge is 0.448 e. The Morgan fingerprint density at radius 3 is 1.49 bits per heavy atom. The topological polar surface area (TPSA) is 531 Å². The number of hydrogen-bond acceptors (Lipinski definition) is 23. The van der Waals surface area contributed by atoms with Crippen LogP contribution in [0.3, 0.4) is 0 Å². The average molecular weight is 1880 g/mol. The number of carbonyl (C=O) groups excluding carboxylic acids is 12. The van der Waals surface area contributed by atoms with Gasteiger partial charge in [-0.05, 0) is 71.0 Å². The standard InChI is InChI=1S/C93H104N30O15/c1-113-35-32-96-82(113)91(133)104-62-42-70(115(3)50-62)87(129)98-30-26-79(127)107-73-53-119(7)85(109-73)92(134)105-63-43-69(114(2)51-63)86(128)97-28-14-19-77(125)106-72-52-117(5)83(108-72)89(131)100-31-25-78(126)103-61-41-71(116(4)49-61)88(130)111-74-54-118(6)84(110-74)90(132)99-29-24-76(124)95-33-37-136-39-40-137-38-36-122(93(135)138-56-68-66-17-12-10-15-64(66)65-16-11-13-18-67(65)68)55-75-112-80(60-46-102-121(9)48-60)81(59-22-20-57(44-94)21-23-59)123(75)34-27-58-45-101-120(8)47-58/h10-13,15-18,20-23,32,35,41-43,45-54,68H,14,19,24-31,33-34,36-40,55-56H2,1-9H3,(H,95,124)(H,97,128)(H,98,129)(H,99,132)(H,100,131)(H,103,126)(H,104,133)(H,105,134)(H,106,125)(H,107,127)(H,111,130). The van der Waals surface area contributed by atoms with Crippen molar-refractivity contribution in [1.29, 1.82) is 5.26 Å². The molecular weight excluding hydrogens is 1780 g/mol. The van der Waals surface area contributed by atoms with Gasteiger partial charge in [-0.3, -0.25) is 67.0 Å². The first-order valence-electron chi connectivity index (χ1n) is 44.1. The number of nitriles is 1. The van der Waals surface area contributed by atoms with Crippen molar-refractivity contribution in [3.05, 3.63) is 234 Å². The molecule has 716 valence electrons. The van der Waals surface area contributed by atoms with Crippen LogP contribution in [0.25, 0.3) is 33.6 Å². The van der Waals surface area contributed by atoms with Gasteiger partial charge in [-0.2, -0.15) is 15.5 Å². The highest BCUT2D eigenvalue weighted by Crippen LogP contribution is 2.45. The molecule has 0 bridgehead atoms. The van der Waals surface area contributed by atoms with E-state index in [1.165, 1.54) is 82.8 Å². The first-order chi connectivity index (χ1) is 66.5. The lowest BCUT2D eigenvalue weighted by Gasteiger charge is -2.24. The van der Waals surface area contributed by atoms with Gasteiger partial charge < -0.3 is 109 Å². The van der Waals surface area contributed by atoms with Crippen LogP contribution in [-0.2, 0) is 116 Å². The van der Waals surface area contributed by atoms with E-state index >= 15 is 0 Å². The molecule has 0 spiro atoms. The molecule has 11 N–H and O–H groups in total. The summed E-state index contributed by atoms with van der Waals surface area (Å²) in [5.74, 6) is -5.13. The predicted molar refractivity (Wildman–Crippen MR) is 503 cm³/mol. The lowest BCUT2D eigenvalue weighted by Crippen LogP contribution is -2.36. The molecule has 1 aliphatic rings. The summed E-state index contributed by atoms with van der Waals surface area (Å²) < 4.78 is 34.0. The van der Waals surface area contributed by atoms with Gasteiger partial charge in [0.2, 0.25) is 41.1 Å². The van der Waals surface area contributed by atoms with Crippen LogP contribution in [-0.4, -0.2) is 229 Å². The number of nitrogens with one attached hydrogen (secondary N) is 11. The van der Waals surface area contributed by atoms with Crippen LogP contribution >= 0.6 is 0 Å². The Balaban J connectivity index is 0.462. The highest BCUT2D eigenvalue weighted by Gasteiger charge is 2.33. The maximum atomic E-state index is 14.7. The fraction of sp³-hybridized carbons (Fsp3) is 0.312. The molecule has 138 heavy (non-hydrogen) atoms. The maximum absolute atomic E-state index is 14.7. The number of nitrogens with zero attached hydrogens (tertiary/aromatic N) is 19. The molecule has 0 saturated carbocycles. The Hall–Kier alpha value is -17.2. The van der Waals surface area contributed by atoms with Crippen molar-refractivity contribution < 1.29 is 71.7 Å². The van der Waals surface area contributed by atoms with Gasteiger partial charge in [0.15, 0.2) is 23.3 Å². The second kappa shape index (κ2) is 44.6. The molecule has 0 aliphatic heterocycles. The van der Waals surface area contributed by atoms with Gasteiger partial charge in [0.1, 0.15) is 29.5 Å². The Labute approximate surface area is 790 Å². The second-order valence-electron chi connectivity index (χ2n) is 32.6. The Morgan fingerprint density at radius 2 is 0.942 bits per heavy atom. The van der Waals surface area contributed by atoms with E-state index in [0.29, 0.717) is 35.7 Å². The second-order valence-corrected chi connectivity index (χ2v) is 32.6.